The van der Waals surface area contributed by atoms with Gasteiger partial charge in [0.05, 0.1) is 17.0 Å². The van der Waals surface area contributed by atoms with E-state index in [9.17, 15) is 23.4 Å². The molecule has 1 aromatic rings. The number of nitrogens with two attached hydrogens (primary N) is 1. The van der Waals surface area contributed by atoms with E-state index in [-0.39, 0.29) is 36.9 Å². The summed E-state index contributed by atoms with van der Waals surface area (Å²) in [4.78, 5) is 11.3. The average molecular weight is 382 g/mol. The van der Waals surface area contributed by atoms with Crippen molar-refractivity contribution < 1.29 is 28.2 Å². The zero-order valence-corrected chi connectivity index (χ0v) is 15.1. The van der Waals surface area contributed by atoms with Crippen LogP contribution in [-0.4, -0.2) is 60.2 Å². The van der Waals surface area contributed by atoms with Crippen molar-refractivity contribution in [3.05, 3.63) is 24.3 Å². The summed E-state index contributed by atoms with van der Waals surface area (Å²) in [7, 11) is -4.05. The number of sulfonamides is 1. The van der Waals surface area contributed by atoms with E-state index in [2.05, 4.69) is 11.8 Å². The van der Waals surface area contributed by atoms with E-state index in [1.165, 1.54) is 24.3 Å². The zero-order valence-electron chi connectivity index (χ0n) is 14.3. The van der Waals surface area contributed by atoms with E-state index in [1.54, 1.807) is 6.92 Å². The van der Waals surface area contributed by atoms with Crippen molar-refractivity contribution in [3.63, 3.8) is 0 Å². The molecule has 0 aromatic heterocycles. The van der Waals surface area contributed by atoms with Crippen LogP contribution in [-0.2, 0) is 14.8 Å². The van der Waals surface area contributed by atoms with Crippen molar-refractivity contribution in [2.75, 3.05) is 13.2 Å². The third kappa shape index (κ3) is 4.95. The second kappa shape index (κ2) is 8.51. The first kappa shape index (κ1) is 20.2. The number of ether oxygens (including phenoxy) is 1. The predicted molar refractivity (Wildman–Crippen MR) is 93.9 cm³/mol. The van der Waals surface area contributed by atoms with E-state index >= 15 is 0 Å². The molecule has 26 heavy (non-hydrogen) atoms. The first-order chi connectivity index (χ1) is 12.2. The Morgan fingerprint density at radius 3 is 2.62 bits per heavy atom. The predicted octanol–water partition coefficient (Wildman–Crippen LogP) is 0.0146. The molecule has 1 aromatic carbocycles. The number of nitrogens with zero attached hydrogens (tertiary/aromatic N) is 1. The van der Waals surface area contributed by atoms with Crippen LogP contribution in [0.3, 0.4) is 0 Å². The van der Waals surface area contributed by atoms with Crippen LogP contribution in [0.4, 0.5) is 0 Å². The molecule has 1 aliphatic heterocycles. The number of piperidine rings is 1. The topological polar surface area (TPSA) is 130 Å². The lowest BCUT2D eigenvalue weighted by atomic mass is 10.0. The fourth-order valence-corrected chi connectivity index (χ4v) is 4.25. The van der Waals surface area contributed by atoms with E-state index in [0.29, 0.717) is 5.75 Å². The molecular formula is C17H22N2O6S. The Bertz CT molecular complexity index is 795. The summed E-state index contributed by atoms with van der Waals surface area (Å²) in [6, 6.07) is 4.17. The van der Waals surface area contributed by atoms with Gasteiger partial charge in [0.25, 0.3) is 0 Å². The maximum atomic E-state index is 12.8. The van der Waals surface area contributed by atoms with Crippen LogP contribution in [0.5, 0.6) is 5.75 Å². The van der Waals surface area contributed by atoms with Crippen LogP contribution >= 0.6 is 0 Å². The summed E-state index contributed by atoms with van der Waals surface area (Å²) >= 11 is 0. The molecule has 1 saturated heterocycles. The molecule has 8 nitrogen and oxygen atoms in total. The molecule has 1 fully saturated rings. The van der Waals surface area contributed by atoms with Crippen LogP contribution in [0.25, 0.3) is 0 Å². The van der Waals surface area contributed by atoms with Crippen molar-refractivity contribution in [2.45, 2.75) is 42.8 Å². The number of aliphatic carboxylic acids is 1. The maximum Gasteiger partial charge on any atom is 0.322 e. The molecule has 2 rings (SSSR count). The molecule has 3 atom stereocenters. The van der Waals surface area contributed by atoms with Gasteiger partial charge in [0.2, 0.25) is 10.0 Å². The van der Waals surface area contributed by atoms with E-state index in [0.717, 1.165) is 4.31 Å². The Morgan fingerprint density at radius 1 is 1.38 bits per heavy atom. The highest BCUT2D eigenvalue weighted by molar-refractivity contribution is 7.89. The summed E-state index contributed by atoms with van der Waals surface area (Å²) in [6.07, 6.45) is -0.570. The highest BCUT2D eigenvalue weighted by Crippen LogP contribution is 2.27. The van der Waals surface area contributed by atoms with Crippen molar-refractivity contribution in [1.29, 1.82) is 0 Å². The Labute approximate surface area is 152 Å². The number of hydrogen-bond acceptors (Lipinski definition) is 6. The second-order valence-corrected chi connectivity index (χ2v) is 7.92. The number of aliphatic hydroxyl groups is 1. The molecule has 1 aliphatic rings. The summed E-state index contributed by atoms with van der Waals surface area (Å²) in [6.45, 7) is 1.62. The van der Waals surface area contributed by atoms with Gasteiger partial charge in [-0.2, -0.15) is 4.31 Å². The van der Waals surface area contributed by atoms with Gasteiger partial charge in [-0.15, -0.1) is 0 Å². The lowest BCUT2D eigenvalue weighted by molar-refractivity contribution is -0.143. The number of carboxylic acid groups (broad SMARTS) is 1. The molecule has 3 unspecified atom stereocenters. The van der Waals surface area contributed by atoms with Crippen molar-refractivity contribution >= 4 is 16.0 Å². The van der Waals surface area contributed by atoms with Crippen LogP contribution in [0.2, 0.25) is 0 Å². The van der Waals surface area contributed by atoms with Crippen LogP contribution in [0.15, 0.2) is 29.2 Å². The fourth-order valence-electron chi connectivity index (χ4n) is 2.60. The Balaban J connectivity index is 2.15. The fraction of sp³-hybridized carbons (Fsp3) is 0.471. The number of benzene rings is 1. The summed E-state index contributed by atoms with van der Waals surface area (Å²) < 4.78 is 31.8. The van der Waals surface area contributed by atoms with Crippen molar-refractivity contribution in [1.82, 2.24) is 4.31 Å². The Kier molecular flexibility index (Phi) is 6.61. The summed E-state index contributed by atoms with van der Waals surface area (Å²) in [5, 5.41) is 19.0. The van der Waals surface area contributed by atoms with E-state index in [1.807, 2.05) is 0 Å². The highest BCUT2D eigenvalue weighted by Gasteiger charge is 2.40. The Morgan fingerprint density at radius 2 is 2.04 bits per heavy atom. The van der Waals surface area contributed by atoms with Gasteiger partial charge in [-0.3, -0.25) is 4.79 Å². The van der Waals surface area contributed by atoms with Gasteiger partial charge in [-0.1, -0.05) is 11.8 Å². The summed E-state index contributed by atoms with van der Waals surface area (Å²) in [5.74, 6) is 4.67. The number of β-amino-alcohol motifs (C(OH)–C–C–N with tert-alkyl or cyclic N) is 1. The number of carboxylic acids is 1. The van der Waals surface area contributed by atoms with Crippen molar-refractivity contribution in [2.24, 2.45) is 5.73 Å². The van der Waals surface area contributed by atoms with Crippen LogP contribution < -0.4 is 10.5 Å². The number of hydrogen-bond donors (Lipinski definition) is 3. The maximum absolute atomic E-state index is 12.8. The van der Waals surface area contributed by atoms with E-state index < -0.39 is 28.1 Å². The SMILES string of the molecule is CC(N)C#CCOc1ccc(S(=O)(=O)N2CC(O)CCC2C(=O)O)cc1. The molecule has 9 heteroatoms. The van der Waals surface area contributed by atoms with Gasteiger partial charge in [0, 0.05) is 6.54 Å². The molecule has 4 N–H and O–H groups in total. The normalized spacial score (nSPS) is 22.1. The second-order valence-electron chi connectivity index (χ2n) is 6.03. The molecule has 1 heterocycles. The average Bonchev–Trinajstić information content (AvgIpc) is 2.58. The number of rotatable bonds is 5. The van der Waals surface area contributed by atoms with Crippen molar-refractivity contribution in [3.8, 4) is 17.6 Å². The molecular weight excluding hydrogens is 360 g/mol. The Hall–Kier alpha value is -2.12. The highest BCUT2D eigenvalue weighted by atomic mass is 32.2. The summed E-state index contributed by atoms with van der Waals surface area (Å²) in [5.41, 5.74) is 5.49. The minimum Gasteiger partial charge on any atom is -0.481 e. The molecule has 142 valence electrons. The van der Waals surface area contributed by atoms with Gasteiger partial charge in [-0.05, 0) is 44.0 Å². The third-order valence-electron chi connectivity index (χ3n) is 3.87. The van der Waals surface area contributed by atoms with Gasteiger partial charge in [-0.25, -0.2) is 8.42 Å². The first-order valence-electron chi connectivity index (χ1n) is 8.11. The minimum atomic E-state index is -4.05. The quantitative estimate of drug-likeness (QED) is 0.612. The zero-order chi connectivity index (χ0) is 19.3. The molecule has 0 radical (unpaired) electrons. The van der Waals surface area contributed by atoms with Crippen LogP contribution in [0.1, 0.15) is 19.8 Å². The number of carbonyl (C=O) groups is 1. The van der Waals surface area contributed by atoms with Gasteiger partial charge in [0.1, 0.15) is 18.4 Å². The largest absolute Gasteiger partial charge is 0.481 e. The standard InChI is InChI=1S/C17H22N2O6S/c1-12(18)3-2-10-25-14-5-7-15(8-6-14)26(23,24)19-11-13(20)4-9-16(19)17(21)22/h5-8,12-13,16,20H,4,9-11,18H2,1H3,(H,21,22). The monoisotopic (exact) mass is 382 g/mol. The molecule has 0 amide bonds. The molecule has 0 spiro atoms. The van der Waals surface area contributed by atoms with Crippen LogP contribution in [0, 0.1) is 11.8 Å². The third-order valence-corrected chi connectivity index (χ3v) is 5.76. The number of aliphatic hydroxyl groups excluding tert-OH is 1. The first-order valence-corrected chi connectivity index (χ1v) is 9.55. The van der Waals surface area contributed by atoms with Gasteiger partial charge >= 0.3 is 5.97 Å². The molecule has 0 aliphatic carbocycles. The molecule has 0 bridgehead atoms. The smallest absolute Gasteiger partial charge is 0.322 e. The lowest BCUT2D eigenvalue weighted by Gasteiger charge is -2.34. The minimum absolute atomic E-state index is 0.0631. The molecule has 0 saturated carbocycles. The van der Waals surface area contributed by atoms with E-state index in [4.69, 9.17) is 10.5 Å². The van der Waals surface area contributed by atoms with Gasteiger partial charge < -0.3 is 20.7 Å². The van der Waals surface area contributed by atoms with Gasteiger partial charge in [0.15, 0.2) is 0 Å². The lowest BCUT2D eigenvalue weighted by Crippen LogP contribution is -2.51.